The molecule has 2 aromatic rings. The third-order valence-corrected chi connectivity index (χ3v) is 3.07. The fraction of sp³-hybridized carbons (Fsp3) is 0.176. The van der Waals surface area contributed by atoms with E-state index in [0.717, 1.165) is 12.0 Å². The highest BCUT2D eigenvalue weighted by molar-refractivity contribution is 5.95. The molecule has 1 N–H and O–H groups in total. The maximum atomic E-state index is 12.0. The number of hydrogen-bond donors (Lipinski definition) is 1. The van der Waals surface area contributed by atoms with Crippen LogP contribution >= 0.6 is 0 Å². The lowest BCUT2D eigenvalue weighted by atomic mass is 10.2. The van der Waals surface area contributed by atoms with Crippen LogP contribution in [0.25, 0.3) is 0 Å². The number of carbonyl (C=O) groups is 1. The van der Waals surface area contributed by atoms with Crippen molar-refractivity contribution >= 4 is 17.8 Å². The third-order valence-electron chi connectivity index (χ3n) is 3.07. The molecule has 2 rings (SSSR count). The number of nitro benzene ring substituents is 1. The Morgan fingerprint density at radius 1 is 1.29 bits per heavy atom. The number of hydrazone groups is 1. The topological polar surface area (TPSA) is 93.8 Å². The first kappa shape index (κ1) is 17.1. The molecule has 124 valence electrons. The monoisotopic (exact) mass is 327 g/mol. The second kappa shape index (κ2) is 8.42. The highest BCUT2D eigenvalue weighted by Gasteiger charge is 2.10. The quantitative estimate of drug-likeness (QED) is 0.480. The molecule has 0 bridgehead atoms. The van der Waals surface area contributed by atoms with Crippen molar-refractivity contribution < 1.29 is 14.5 Å². The summed E-state index contributed by atoms with van der Waals surface area (Å²) >= 11 is 0. The van der Waals surface area contributed by atoms with Gasteiger partial charge in [0, 0.05) is 23.3 Å². The van der Waals surface area contributed by atoms with Crippen LogP contribution < -0.4 is 10.2 Å². The van der Waals surface area contributed by atoms with Crippen LogP contribution in [0.15, 0.2) is 53.6 Å². The van der Waals surface area contributed by atoms with Crippen LogP contribution in [0.2, 0.25) is 0 Å². The lowest BCUT2D eigenvalue weighted by Gasteiger charge is -2.07. The van der Waals surface area contributed by atoms with E-state index in [9.17, 15) is 14.9 Å². The Bertz CT molecular complexity index is 759. The molecule has 0 aromatic heterocycles. The van der Waals surface area contributed by atoms with Crippen molar-refractivity contribution in [2.24, 2.45) is 5.10 Å². The summed E-state index contributed by atoms with van der Waals surface area (Å²) in [6.45, 7) is 2.60. The maximum Gasteiger partial charge on any atom is 0.271 e. The Balaban J connectivity index is 2.05. The molecule has 7 nitrogen and oxygen atoms in total. The van der Waals surface area contributed by atoms with Crippen molar-refractivity contribution in [3.8, 4) is 5.75 Å². The predicted octanol–water partition coefficient (Wildman–Crippen LogP) is 3.15. The molecule has 0 saturated carbocycles. The van der Waals surface area contributed by atoms with E-state index in [1.165, 1.54) is 30.5 Å². The normalized spacial score (nSPS) is 10.5. The number of benzene rings is 2. The molecule has 0 aliphatic heterocycles. The smallest absolute Gasteiger partial charge is 0.271 e. The fourth-order valence-corrected chi connectivity index (χ4v) is 1.92. The first-order chi connectivity index (χ1) is 11.6. The summed E-state index contributed by atoms with van der Waals surface area (Å²) in [5.41, 5.74) is 3.09. The molecule has 0 unspecified atom stereocenters. The number of nitrogens with one attached hydrogen (secondary N) is 1. The number of para-hydroxylation sites is 1. The van der Waals surface area contributed by atoms with Gasteiger partial charge in [-0.2, -0.15) is 5.10 Å². The Morgan fingerprint density at radius 3 is 2.83 bits per heavy atom. The van der Waals surface area contributed by atoms with E-state index >= 15 is 0 Å². The largest absolute Gasteiger partial charge is 0.493 e. The zero-order valence-corrected chi connectivity index (χ0v) is 13.1. The average Bonchev–Trinajstić information content (AvgIpc) is 2.60. The highest BCUT2D eigenvalue weighted by Crippen LogP contribution is 2.16. The summed E-state index contributed by atoms with van der Waals surface area (Å²) in [4.78, 5) is 22.2. The summed E-state index contributed by atoms with van der Waals surface area (Å²) in [6.07, 6.45) is 2.36. The number of carbonyl (C=O) groups excluding carboxylic acids is 1. The number of ether oxygens (including phenoxy) is 1. The first-order valence-corrected chi connectivity index (χ1v) is 7.41. The van der Waals surface area contributed by atoms with Gasteiger partial charge in [0.2, 0.25) is 0 Å². The van der Waals surface area contributed by atoms with E-state index in [4.69, 9.17) is 4.74 Å². The number of nitrogens with zero attached hydrogens (tertiary/aromatic N) is 2. The molecule has 7 heteroatoms. The third kappa shape index (κ3) is 4.64. The van der Waals surface area contributed by atoms with E-state index in [-0.39, 0.29) is 11.3 Å². The summed E-state index contributed by atoms with van der Waals surface area (Å²) in [7, 11) is 0. The Labute approximate surface area is 139 Å². The van der Waals surface area contributed by atoms with Gasteiger partial charge in [0.05, 0.1) is 17.7 Å². The molecular weight excluding hydrogens is 310 g/mol. The summed E-state index contributed by atoms with van der Waals surface area (Å²) in [5, 5.41) is 14.6. The van der Waals surface area contributed by atoms with Crippen molar-refractivity contribution in [2.75, 3.05) is 6.61 Å². The SMILES string of the molecule is CCCOc1ccccc1C=NNC(=O)c1cccc([N+](=O)[O-])c1. The van der Waals surface area contributed by atoms with Crippen LogP contribution in [0.5, 0.6) is 5.75 Å². The lowest BCUT2D eigenvalue weighted by molar-refractivity contribution is -0.384. The van der Waals surface area contributed by atoms with Gasteiger partial charge >= 0.3 is 0 Å². The Hall–Kier alpha value is -3.22. The number of nitro groups is 1. The van der Waals surface area contributed by atoms with Gasteiger partial charge in [-0.25, -0.2) is 5.43 Å². The number of non-ortho nitro benzene ring substituents is 1. The van der Waals surface area contributed by atoms with Crippen LogP contribution in [-0.2, 0) is 0 Å². The van der Waals surface area contributed by atoms with Crippen LogP contribution in [0.1, 0.15) is 29.3 Å². The molecule has 2 aromatic carbocycles. The van der Waals surface area contributed by atoms with Crippen molar-refractivity contribution in [1.82, 2.24) is 5.43 Å². The minimum absolute atomic E-state index is 0.148. The highest BCUT2D eigenvalue weighted by atomic mass is 16.6. The van der Waals surface area contributed by atoms with Gasteiger partial charge in [0.15, 0.2) is 0 Å². The standard InChI is InChI=1S/C17H17N3O4/c1-2-10-24-16-9-4-3-6-14(16)12-18-19-17(21)13-7-5-8-15(11-13)20(22)23/h3-9,11-12H,2,10H2,1H3,(H,19,21). The summed E-state index contributed by atoms with van der Waals surface area (Å²) in [6, 6.07) is 12.8. The van der Waals surface area contributed by atoms with Crippen molar-refractivity contribution in [3.05, 3.63) is 69.8 Å². The summed E-state index contributed by atoms with van der Waals surface area (Å²) < 4.78 is 5.59. The van der Waals surface area contributed by atoms with E-state index in [1.807, 2.05) is 31.2 Å². The molecule has 0 heterocycles. The van der Waals surface area contributed by atoms with E-state index in [2.05, 4.69) is 10.5 Å². The van der Waals surface area contributed by atoms with E-state index < -0.39 is 10.8 Å². The van der Waals surface area contributed by atoms with Gasteiger partial charge in [-0.3, -0.25) is 14.9 Å². The molecule has 0 saturated heterocycles. The number of rotatable bonds is 7. The molecule has 0 aliphatic rings. The second-order valence-electron chi connectivity index (χ2n) is 4.89. The maximum absolute atomic E-state index is 12.0. The predicted molar refractivity (Wildman–Crippen MR) is 90.4 cm³/mol. The molecule has 0 atom stereocenters. The number of hydrogen-bond acceptors (Lipinski definition) is 5. The van der Waals surface area contributed by atoms with Crippen molar-refractivity contribution in [1.29, 1.82) is 0 Å². The molecule has 0 radical (unpaired) electrons. The Kier molecular flexibility index (Phi) is 6.01. The zero-order chi connectivity index (χ0) is 17.4. The van der Waals surface area contributed by atoms with Gasteiger partial charge in [-0.05, 0) is 24.6 Å². The van der Waals surface area contributed by atoms with Crippen molar-refractivity contribution in [2.45, 2.75) is 13.3 Å². The van der Waals surface area contributed by atoms with Crippen LogP contribution in [0, 0.1) is 10.1 Å². The van der Waals surface area contributed by atoms with Gasteiger partial charge in [-0.1, -0.05) is 25.1 Å². The van der Waals surface area contributed by atoms with Crippen LogP contribution in [0.3, 0.4) is 0 Å². The molecule has 0 aliphatic carbocycles. The molecule has 1 amide bonds. The average molecular weight is 327 g/mol. The molecule has 0 spiro atoms. The molecule has 24 heavy (non-hydrogen) atoms. The first-order valence-electron chi connectivity index (χ1n) is 7.41. The van der Waals surface area contributed by atoms with E-state index in [1.54, 1.807) is 0 Å². The number of amides is 1. The van der Waals surface area contributed by atoms with Gasteiger partial charge in [0.1, 0.15) is 5.75 Å². The molecule has 0 fully saturated rings. The second-order valence-corrected chi connectivity index (χ2v) is 4.89. The fourth-order valence-electron chi connectivity index (χ4n) is 1.92. The van der Waals surface area contributed by atoms with E-state index in [0.29, 0.717) is 12.4 Å². The minimum Gasteiger partial charge on any atom is -0.493 e. The zero-order valence-electron chi connectivity index (χ0n) is 13.1. The van der Waals surface area contributed by atoms with Gasteiger partial charge < -0.3 is 4.74 Å². The Morgan fingerprint density at radius 2 is 2.08 bits per heavy atom. The summed E-state index contributed by atoms with van der Waals surface area (Å²) in [5.74, 6) is 0.148. The van der Waals surface area contributed by atoms with Crippen LogP contribution in [0.4, 0.5) is 5.69 Å². The van der Waals surface area contributed by atoms with Crippen LogP contribution in [-0.4, -0.2) is 23.7 Å². The van der Waals surface area contributed by atoms with Crippen molar-refractivity contribution in [3.63, 3.8) is 0 Å². The molecular formula is C17H17N3O4. The van der Waals surface area contributed by atoms with Gasteiger partial charge in [-0.15, -0.1) is 0 Å². The minimum atomic E-state index is -0.554. The lowest BCUT2D eigenvalue weighted by Crippen LogP contribution is -2.17. The van der Waals surface area contributed by atoms with Gasteiger partial charge in [0.25, 0.3) is 11.6 Å².